The van der Waals surface area contributed by atoms with Crippen molar-refractivity contribution in [2.45, 2.75) is 0 Å². The van der Waals surface area contributed by atoms with Crippen molar-refractivity contribution in [3.05, 3.63) is 95.1 Å². The number of carboxylic acids is 1. The van der Waals surface area contributed by atoms with E-state index in [-0.39, 0.29) is 17.4 Å². The number of aliphatic imine (C=N–C) groups is 1. The number of aromatic nitrogens is 1. The molecule has 1 amide bonds. The largest absolute Gasteiger partial charge is 0.494 e. The summed E-state index contributed by atoms with van der Waals surface area (Å²) in [6.45, 7) is 6.67. The normalized spacial score (nSPS) is 14.7. The number of aromatic carboxylic acids is 1. The van der Waals surface area contributed by atoms with E-state index in [0.29, 0.717) is 40.0 Å². The van der Waals surface area contributed by atoms with Crippen LogP contribution in [0.25, 0.3) is 10.9 Å². The van der Waals surface area contributed by atoms with E-state index in [9.17, 15) is 19.8 Å². The maximum atomic E-state index is 12.7. The van der Waals surface area contributed by atoms with E-state index in [1.165, 1.54) is 12.1 Å². The molecule has 0 radical (unpaired) electrons. The van der Waals surface area contributed by atoms with Crippen LogP contribution in [0.15, 0.2) is 77.8 Å². The van der Waals surface area contributed by atoms with Gasteiger partial charge in [-0.15, -0.1) is 0 Å². The number of benzene rings is 3. The van der Waals surface area contributed by atoms with E-state index in [2.05, 4.69) is 20.3 Å². The van der Waals surface area contributed by atoms with Crippen molar-refractivity contribution < 1.29 is 29.4 Å². The van der Waals surface area contributed by atoms with Crippen molar-refractivity contribution in [2.75, 3.05) is 59.6 Å². The number of aromatic amines is 1. The first-order chi connectivity index (χ1) is 20.9. The van der Waals surface area contributed by atoms with Gasteiger partial charge < -0.3 is 19.9 Å². The van der Waals surface area contributed by atoms with Gasteiger partial charge in [-0.3, -0.25) is 19.4 Å². The lowest BCUT2D eigenvalue weighted by molar-refractivity contribution is 0.0152. The summed E-state index contributed by atoms with van der Waals surface area (Å²) in [7, 11) is 1.71. The molecule has 1 saturated heterocycles. The highest BCUT2D eigenvalue weighted by molar-refractivity contribution is 6.22. The summed E-state index contributed by atoms with van der Waals surface area (Å²) in [4.78, 5) is 41.9. The van der Waals surface area contributed by atoms with Crippen molar-refractivity contribution in [1.29, 1.82) is 0 Å². The van der Waals surface area contributed by atoms with E-state index in [0.717, 1.165) is 51.4 Å². The Balaban J connectivity index is 1.25. The number of piperazine rings is 1. The fourth-order valence-corrected chi connectivity index (χ4v) is 5.04. The fourth-order valence-electron chi connectivity index (χ4n) is 5.04. The topological polar surface area (TPSA) is 140 Å². The Morgan fingerprint density at radius 2 is 1.53 bits per heavy atom. The van der Waals surface area contributed by atoms with Crippen LogP contribution >= 0.6 is 0 Å². The first-order valence-corrected chi connectivity index (χ1v) is 14.1. The van der Waals surface area contributed by atoms with Gasteiger partial charge in [0, 0.05) is 68.4 Å². The van der Waals surface area contributed by atoms with Gasteiger partial charge in [0.25, 0.3) is 5.91 Å². The molecule has 5 rings (SSSR count). The summed E-state index contributed by atoms with van der Waals surface area (Å²) in [6, 6.07) is 20.8. The molecular weight excluding hydrogens is 550 g/mol. The van der Waals surface area contributed by atoms with Gasteiger partial charge in [0.05, 0.1) is 35.7 Å². The van der Waals surface area contributed by atoms with Crippen molar-refractivity contribution in [2.24, 2.45) is 4.99 Å². The summed E-state index contributed by atoms with van der Waals surface area (Å²) in [5, 5.41) is 20.9. The van der Waals surface area contributed by atoms with Crippen molar-refractivity contribution in [1.82, 2.24) is 20.3 Å². The predicted molar refractivity (Wildman–Crippen MR) is 163 cm³/mol. The van der Waals surface area contributed by atoms with E-state index >= 15 is 0 Å². The standard InChI is InChI=1S/C32H35N5O6/c1-42-19-17-36-13-15-37(16-14-36)18-20-43-35-30(38)23-7-10-25(11-8-23)33-29(22-5-3-2-4-6-22)28-26-12-9-24(32(40)41)21-27(26)34-31(28)39/h2-12,21,34,39H,13-20H2,1H3,(H,35,38)(H,40,41). The number of carbonyl (C=O) groups excluding carboxylic acids is 1. The molecule has 4 N–H and O–H groups in total. The van der Waals surface area contributed by atoms with E-state index in [1.54, 1.807) is 37.4 Å². The molecule has 11 heteroatoms. The zero-order chi connectivity index (χ0) is 30.2. The number of carbonyl (C=O) groups is 2. The number of nitrogens with one attached hydrogen (secondary N) is 2. The Kier molecular flexibility index (Phi) is 9.80. The smallest absolute Gasteiger partial charge is 0.335 e. The first-order valence-electron chi connectivity index (χ1n) is 14.1. The van der Waals surface area contributed by atoms with Gasteiger partial charge in [0.2, 0.25) is 0 Å². The summed E-state index contributed by atoms with van der Waals surface area (Å²) >= 11 is 0. The number of hydrogen-bond donors (Lipinski definition) is 4. The number of rotatable bonds is 12. The number of nitrogens with zero attached hydrogens (tertiary/aromatic N) is 3. The van der Waals surface area contributed by atoms with Gasteiger partial charge in [-0.1, -0.05) is 36.4 Å². The van der Waals surface area contributed by atoms with Gasteiger partial charge in [0.1, 0.15) is 0 Å². The third kappa shape index (κ3) is 7.46. The van der Waals surface area contributed by atoms with Crippen LogP contribution in [-0.4, -0.2) is 102 Å². The van der Waals surface area contributed by atoms with Crippen LogP contribution in [0.3, 0.4) is 0 Å². The zero-order valence-electron chi connectivity index (χ0n) is 24.0. The van der Waals surface area contributed by atoms with Crippen LogP contribution in [0.4, 0.5) is 5.69 Å². The maximum Gasteiger partial charge on any atom is 0.335 e. The molecule has 1 aromatic heterocycles. The molecule has 4 aromatic rings. The highest BCUT2D eigenvalue weighted by Crippen LogP contribution is 2.32. The van der Waals surface area contributed by atoms with Gasteiger partial charge in [0.15, 0.2) is 5.88 Å². The van der Waals surface area contributed by atoms with Crippen LogP contribution in [0.5, 0.6) is 5.88 Å². The Morgan fingerprint density at radius 1 is 0.884 bits per heavy atom. The van der Waals surface area contributed by atoms with Crippen LogP contribution in [0.2, 0.25) is 0 Å². The lowest BCUT2D eigenvalue weighted by Crippen LogP contribution is -2.48. The number of carboxylic acid groups (broad SMARTS) is 1. The third-order valence-corrected chi connectivity index (χ3v) is 7.43. The molecule has 43 heavy (non-hydrogen) atoms. The molecule has 1 fully saturated rings. The first kappa shape index (κ1) is 29.9. The molecule has 1 aliphatic heterocycles. The molecule has 3 aromatic carbocycles. The zero-order valence-corrected chi connectivity index (χ0v) is 24.0. The van der Waals surface area contributed by atoms with Crippen molar-refractivity contribution in [3.63, 3.8) is 0 Å². The maximum absolute atomic E-state index is 12.7. The Hall–Kier alpha value is -4.55. The number of aromatic hydroxyl groups is 1. The monoisotopic (exact) mass is 585 g/mol. The van der Waals surface area contributed by atoms with Crippen molar-refractivity contribution in [3.8, 4) is 5.88 Å². The van der Waals surface area contributed by atoms with Crippen LogP contribution in [-0.2, 0) is 9.57 Å². The summed E-state index contributed by atoms with van der Waals surface area (Å²) in [5.74, 6) is -1.54. The number of methoxy groups -OCH3 is 1. The fraction of sp³-hybridized carbons (Fsp3) is 0.281. The predicted octanol–water partition coefficient (Wildman–Crippen LogP) is 3.67. The summed E-state index contributed by atoms with van der Waals surface area (Å²) < 4.78 is 5.15. The van der Waals surface area contributed by atoms with E-state index in [1.807, 2.05) is 30.3 Å². The summed E-state index contributed by atoms with van der Waals surface area (Å²) in [5.41, 5.74) is 5.79. The van der Waals surface area contributed by atoms with Crippen molar-refractivity contribution >= 4 is 34.2 Å². The molecule has 2 heterocycles. The van der Waals surface area contributed by atoms with Gasteiger partial charge in [-0.2, -0.15) is 0 Å². The minimum absolute atomic E-state index is 0.105. The summed E-state index contributed by atoms with van der Waals surface area (Å²) in [6.07, 6.45) is 0. The number of amides is 1. The highest BCUT2D eigenvalue weighted by atomic mass is 16.7. The number of hydrogen-bond acceptors (Lipinski definition) is 8. The van der Waals surface area contributed by atoms with E-state index < -0.39 is 5.97 Å². The van der Waals surface area contributed by atoms with Crippen LogP contribution in [0, 0.1) is 0 Å². The molecule has 0 bridgehead atoms. The number of fused-ring (bicyclic) bond motifs is 1. The number of hydroxylamine groups is 1. The average Bonchev–Trinajstić information content (AvgIpc) is 3.36. The lowest BCUT2D eigenvalue weighted by Gasteiger charge is -2.34. The van der Waals surface area contributed by atoms with Gasteiger partial charge in [-0.05, 0) is 36.4 Å². The lowest BCUT2D eigenvalue weighted by atomic mass is 10.00. The molecule has 11 nitrogen and oxygen atoms in total. The Bertz CT molecular complexity index is 1580. The van der Waals surface area contributed by atoms with Crippen LogP contribution < -0.4 is 5.48 Å². The van der Waals surface area contributed by atoms with Gasteiger partial charge >= 0.3 is 5.97 Å². The Morgan fingerprint density at radius 3 is 2.19 bits per heavy atom. The number of ether oxygens (including phenoxy) is 1. The molecular formula is C32H35N5O6. The minimum Gasteiger partial charge on any atom is -0.494 e. The van der Waals surface area contributed by atoms with E-state index in [4.69, 9.17) is 14.6 Å². The minimum atomic E-state index is -1.06. The molecule has 0 aliphatic carbocycles. The molecule has 0 spiro atoms. The van der Waals surface area contributed by atoms with Crippen LogP contribution in [0.1, 0.15) is 31.8 Å². The van der Waals surface area contributed by atoms with Gasteiger partial charge in [-0.25, -0.2) is 15.3 Å². The molecule has 0 unspecified atom stereocenters. The second kappa shape index (κ2) is 14.1. The second-order valence-electron chi connectivity index (χ2n) is 10.2. The molecule has 1 aliphatic rings. The second-order valence-corrected chi connectivity index (χ2v) is 10.2. The SMILES string of the molecule is COCCN1CCN(CCONC(=O)c2ccc(N=C(c3ccccc3)c3c(O)[nH]c4cc(C(=O)O)ccc34)cc2)CC1. The Labute approximate surface area is 249 Å². The molecule has 0 saturated carbocycles. The molecule has 224 valence electrons. The highest BCUT2D eigenvalue weighted by Gasteiger charge is 2.20. The quantitative estimate of drug-likeness (QED) is 0.112. The average molecular weight is 586 g/mol. The number of H-pyrrole nitrogens is 1. The molecule has 0 atom stereocenters. The third-order valence-electron chi connectivity index (χ3n) is 7.43.